The fraction of sp³-hybridized carbons (Fsp3) is 0.127. The molecule has 0 bridgehead atoms. The normalized spacial score (nSPS) is 10.7. The predicted octanol–water partition coefficient (Wildman–Crippen LogP) is 9.60. The lowest BCUT2D eigenvalue weighted by molar-refractivity contribution is 0.0638. The first-order valence-corrected chi connectivity index (χ1v) is 88.9. The standard InChI is InChI=1S/C30H22FN5O4.C25H20N4O4S.S23.S22/c31-20-9-6-10-21(15-20)33-30-32-17-25(27(34-30)39-18-19-7-2-1-3-8-19)26-16-22(40-35-26)13-14-36-28(37)23-11-4-5-12-24(23)29(36)38;1-34-25-26-14-20(22(27-25)32-15-16-7-3-2-4-8-16)21-13-17(33-28-21)11-12-29-23(30)18-9-5-6-10-19(18)24(29)31;1-3-5-7-9-11-13-15-17-19-21-23-22-20-18-16-14-12-10-8-6-4-2;1-3-5-7-9-11-13-15-17-19-21-22-20-18-16-14-12-10-8-6-4-2/h1-12,15-17H,13-14,18H2,(H,32,33,34);2-10,13-14H,11-12,15H2,1H3;;. The van der Waals surface area contributed by atoms with E-state index in [1.807, 2.05) is 93.6 Å². The Morgan fingerprint density at radius 3 is 1.00 bits per heavy atom. The van der Waals surface area contributed by atoms with E-state index >= 15 is 0 Å². The first-order chi connectivity index (χ1) is 58.5. The zero-order valence-corrected chi connectivity index (χ0v) is 95.3. The summed E-state index contributed by atoms with van der Waals surface area (Å²) in [7, 11) is 70.8. The Labute approximate surface area is 821 Å². The van der Waals surface area contributed by atoms with Crippen LogP contribution < -0.4 is 14.8 Å². The van der Waals surface area contributed by atoms with Gasteiger partial charge in [-0.15, -0.1) is 0 Å². The van der Waals surface area contributed by atoms with E-state index in [4.69, 9.17) is 63.3 Å². The van der Waals surface area contributed by atoms with Crippen LogP contribution in [0.4, 0.5) is 16.0 Å². The minimum absolute atomic E-state index is 0.144. The molecule has 0 radical (unpaired) electrons. The van der Waals surface area contributed by atoms with E-state index in [-0.39, 0.29) is 61.6 Å². The minimum Gasteiger partial charge on any atom is -0.472 e. The number of halogens is 1. The largest absolute Gasteiger partial charge is 0.472 e. The Bertz CT molecular complexity index is 7090. The molecule has 1 N–H and O–H groups in total. The third kappa shape index (κ3) is 41.3. The molecule has 2 aliphatic heterocycles. The molecule has 9 aromatic rings. The van der Waals surface area contributed by atoms with Crippen molar-refractivity contribution in [2.24, 2.45) is 0 Å². The maximum atomic E-state index is 13.7. The van der Waals surface area contributed by atoms with Crippen LogP contribution in [0.15, 0.2) is 172 Å². The molecular weight excluding hydrogens is 2410 g/mol. The van der Waals surface area contributed by atoms with Crippen molar-refractivity contribution >= 4 is 456 Å². The van der Waals surface area contributed by atoms with Gasteiger partial charge in [-0.3, -0.25) is 29.0 Å². The molecule has 0 unspecified atom stereocenters. The highest BCUT2D eigenvalue weighted by Gasteiger charge is 2.36. The second kappa shape index (κ2) is 66.0. The van der Waals surface area contributed by atoms with E-state index in [1.54, 1.807) is 387 Å². The lowest BCUT2D eigenvalue weighted by Gasteiger charge is -2.12. The number of ether oxygens (including phenoxy) is 2. The number of rotatable bonds is 17. The van der Waals surface area contributed by atoms with Gasteiger partial charge in [0.1, 0.15) is 41.9 Å². The number of imide groups is 2. The summed E-state index contributed by atoms with van der Waals surface area (Å²) in [5.41, 5.74) is 6.12. The topological polar surface area (TPSA) is 209 Å². The van der Waals surface area contributed by atoms with Crippen molar-refractivity contribution in [3.8, 4) is 34.3 Å². The van der Waals surface area contributed by atoms with E-state index in [0.29, 0.717) is 86.0 Å². The summed E-state index contributed by atoms with van der Waals surface area (Å²) in [6.45, 7) is 0.934. The van der Waals surface area contributed by atoms with Crippen molar-refractivity contribution in [1.82, 2.24) is 40.0 Å². The number of nitrogens with one attached hydrogen (secondary N) is 1. The second-order valence-electron chi connectivity index (χ2n) is 19.4. The molecular formula is C55H42FN9O8S46. The zero-order valence-electron chi connectivity index (χ0n) is 57.8. The van der Waals surface area contributed by atoms with Gasteiger partial charge in [0, 0.05) is 465 Å². The monoisotopic (exact) mass is 2450 g/mol. The van der Waals surface area contributed by atoms with Gasteiger partial charge in [-0.25, -0.2) is 14.4 Å². The molecule has 2 aliphatic rings. The van der Waals surface area contributed by atoms with Crippen molar-refractivity contribution in [1.29, 1.82) is 0 Å². The molecule has 0 saturated carbocycles. The summed E-state index contributed by atoms with van der Waals surface area (Å²) in [5, 5.41) is 11.9. The van der Waals surface area contributed by atoms with E-state index in [2.05, 4.69) is 35.6 Å². The van der Waals surface area contributed by atoms with E-state index in [0.717, 1.165) is 11.1 Å². The zero-order chi connectivity index (χ0) is 84.0. The van der Waals surface area contributed by atoms with Crippen molar-refractivity contribution in [3.63, 3.8) is 0 Å². The van der Waals surface area contributed by atoms with Crippen LogP contribution in [-0.2, 0) is 435 Å². The average molecular weight is 2450 g/mol. The van der Waals surface area contributed by atoms with E-state index < -0.39 is 5.82 Å². The molecule has 17 nitrogen and oxygen atoms in total. The number of benzene rings is 5. The summed E-state index contributed by atoms with van der Waals surface area (Å²) in [6, 6.07) is 42.4. The summed E-state index contributed by atoms with van der Waals surface area (Å²) in [5.74, 6) is 0.248. The summed E-state index contributed by atoms with van der Waals surface area (Å²) >= 11 is 20.5. The molecule has 5 aromatic carbocycles. The van der Waals surface area contributed by atoms with Crippen LogP contribution in [0.2, 0.25) is 0 Å². The molecule has 638 valence electrons. The third-order valence-corrected chi connectivity index (χ3v) is 100. The quantitative estimate of drug-likeness (QED) is 0.0511. The number of aromatic nitrogens is 6. The average Bonchev–Trinajstić information content (AvgIpc) is 1.65. The molecule has 11 rings (SSSR count). The van der Waals surface area contributed by atoms with Crippen LogP contribution >= 0.6 is 11.8 Å². The molecule has 4 amide bonds. The fourth-order valence-electron chi connectivity index (χ4n) is 8.46. The van der Waals surface area contributed by atoms with Gasteiger partial charge in [-0.1, -0.05) is 113 Å². The van der Waals surface area contributed by atoms with Crippen LogP contribution in [0, 0.1) is 5.82 Å². The predicted molar refractivity (Wildman–Crippen MR) is 601 cm³/mol. The Balaban J connectivity index is 0.000000205. The maximum Gasteiger partial charge on any atom is 0.261 e. The van der Waals surface area contributed by atoms with Crippen molar-refractivity contribution in [3.05, 3.63) is 209 Å². The van der Waals surface area contributed by atoms with Gasteiger partial charge in [-0.2, -0.15) is 9.97 Å². The highest BCUT2D eigenvalue weighted by atomic mass is 33.5. The molecule has 0 atom stereocenters. The molecule has 0 fully saturated rings. The van der Waals surface area contributed by atoms with Gasteiger partial charge in [-0.05, 0) is 59.8 Å². The van der Waals surface area contributed by atoms with Gasteiger partial charge < -0.3 is 23.8 Å². The molecule has 0 spiro atoms. The Morgan fingerprint density at radius 1 is 0.370 bits per heavy atom. The molecule has 119 heavy (non-hydrogen) atoms. The van der Waals surface area contributed by atoms with Crippen molar-refractivity contribution < 1.29 is 42.1 Å². The first-order valence-electron chi connectivity index (χ1n) is 30.3. The second-order valence-corrected chi connectivity index (χ2v) is 92.7. The lowest BCUT2D eigenvalue weighted by Crippen LogP contribution is -2.31. The summed E-state index contributed by atoms with van der Waals surface area (Å²) < 4.78 is 36.7. The number of hydrogen-bond acceptors (Lipinski definition) is 20. The maximum absolute atomic E-state index is 13.7. The lowest BCUT2D eigenvalue weighted by atomic mass is 10.1. The van der Waals surface area contributed by atoms with Crippen LogP contribution in [0.3, 0.4) is 0 Å². The van der Waals surface area contributed by atoms with Crippen molar-refractivity contribution in [2.45, 2.75) is 31.2 Å². The molecule has 6 heterocycles. The summed E-state index contributed by atoms with van der Waals surface area (Å²) in [4.78, 5) is 70.6. The van der Waals surface area contributed by atoms with Crippen molar-refractivity contribution in [2.75, 3.05) is 24.7 Å². The number of nitrogens with zero attached hydrogens (tertiary/aromatic N) is 8. The Kier molecular flexibility index (Phi) is 58.2. The number of carbonyl (C=O) groups excluding carboxylic acids is 4. The first kappa shape index (κ1) is 105. The Hall–Kier alpha value is 0.540. The van der Waals surface area contributed by atoms with Gasteiger partial charge in [0.05, 0.1) is 33.4 Å². The highest BCUT2D eigenvalue weighted by Crippen LogP contribution is 2.33. The van der Waals surface area contributed by atoms with Crippen LogP contribution in [0.25, 0.3) is 22.5 Å². The smallest absolute Gasteiger partial charge is 0.261 e. The van der Waals surface area contributed by atoms with Crippen LogP contribution in [0.1, 0.15) is 64.1 Å². The van der Waals surface area contributed by atoms with Gasteiger partial charge in [0.2, 0.25) is 17.7 Å². The number of hydrogen-bond donors (Lipinski definition) is 1. The van der Waals surface area contributed by atoms with Crippen LogP contribution in [-0.4, -0.2) is 83.0 Å². The van der Waals surface area contributed by atoms with E-state index in [9.17, 15) is 23.6 Å². The number of anilines is 2. The van der Waals surface area contributed by atoms with Crippen LogP contribution in [0.5, 0.6) is 11.8 Å². The van der Waals surface area contributed by atoms with E-state index in [1.165, 1.54) is 69.2 Å². The minimum atomic E-state index is -0.390. The SMILES string of the molecule is CSc1ncc(-c2cc(CCN3C(=O)c4ccccc4C3=O)on2)c(OCc2ccccc2)n1.O=C1c2ccccc2C(=O)N1CCc1cc(-c2cnc(Nc3cccc(F)c3)nc2OCc2ccccc2)no1.S=S=S=S=S=S=S=S=S=S=S=S=S=S=S=S=S=S=S=S=S=S.S=S=S=S=S=S=S=S=S=S=S=S=S=S=S=S=S=S=S=S=S=S=S. The van der Waals surface area contributed by atoms with Gasteiger partial charge in [0.25, 0.3) is 23.6 Å². The van der Waals surface area contributed by atoms with Gasteiger partial charge >= 0.3 is 0 Å². The number of carbonyl (C=O) groups is 4. The molecule has 0 aliphatic carbocycles. The molecule has 4 aromatic heterocycles. The molecule has 64 heteroatoms. The highest BCUT2D eigenvalue weighted by molar-refractivity contribution is 8.80. The molecule has 0 saturated heterocycles. The number of thioether (sulfide) groups is 1. The summed E-state index contributed by atoms with van der Waals surface area (Å²) in [6.07, 6.45) is 5.70. The Morgan fingerprint density at radius 2 is 0.681 bits per heavy atom. The fourth-order valence-corrected chi connectivity index (χ4v) is 110. The van der Waals surface area contributed by atoms with Gasteiger partial charge in [0.15, 0.2) is 5.16 Å². The number of amides is 4. The third-order valence-electron chi connectivity index (χ3n) is 12.9. The number of fused-ring (bicyclic) bond motifs is 2.